The number of amides is 1. The fourth-order valence-electron chi connectivity index (χ4n) is 3.63. The first kappa shape index (κ1) is 22.4. The maximum absolute atomic E-state index is 13.1. The monoisotopic (exact) mass is 488 g/mol. The molecular weight excluding hydrogens is 469 g/mol. The van der Waals surface area contributed by atoms with Crippen molar-refractivity contribution in [1.82, 2.24) is 24.4 Å². The topological polar surface area (TPSA) is 85.2 Å². The van der Waals surface area contributed by atoms with E-state index in [0.29, 0.717) is 30.4 Å². The summed E-state index contributed by atoms with van der Waals surface area (Å²) < 4.78 is 46.1. The highest BCUT2D eigenvalue weighted by Gasteiger charge is 2.30. The number of aromatic nitrogens is 4. The number of hydrogen-bond donors (Lipinski definition) is 1. The first-order valence-corrected chi connectivity index (χ1v) is 11.3. The minimum absolute atomic E-state index is 0.103. The number of nitrogens with one attached hydrogen (secondary N) is 1. The lowest BCUT2D eigenvalue weighted by atomic mass is 10.2. The van der Waals surface area contributed by atoms with Gasteiger partial charge in [0.15, 0.2) is 10.8 Å². The van der Waals surface area contributed by atoms with Crippen LogP contribution in [0.15, 0.2) is 48.1 Å². The summed E-state index contributed by atoms with van der Waals surface area (Å²) in [6, 6.07) is 7.97. The Bertz CT molecular complexity index is 1330. The van der Waals surface area contributed by atoms with Crippen LogP contribution in [0, 0.1) is 0 Å². The molecule has 8 nitrogen and oxygen atoms in total. The summed E-state index contributed by atoms with van der Waals surface area (Å²) in [5.41, 5.74) is 1.15. The smallest absolute Gasteiger partial charge is 0.379 e. The zero-order chi connectivity index (χ0) is 23.7. The molecule has 0 atom stereocenters. The van der Waals surface area contributed by atoms with Gasteiger partial charge in [-0.1, -0.05) is 6.07 Å². The van der Waals surface area contributed by atoms with E-state index in [0.717, 1.165) is 30.9 Å². The Kier molecular flexibility index (Phi) is 6.02. The maximum atomic E-state index is 13.1. The van der Waals surface area contributed by atoms with Gasteiger partial charge < -0.3 is 4.74 Å². The molecule has 1 fully saturated rings. The number of benzene rings is 1. The number of carbonyl (C=O) groups is 1. The quantitative estimate of drug-likeness (QED) is 0.458. The molecule has 1 N–H and O–H groups in total. The summed E-state index contributed by atoms with van der Waals surface area (Å²) in [6.07, 6.45) is -3.09. The average Bonchev–Trinajstić information content (AvgIpc) is 3.45. The van der Waals surface area contributed by atoms with Crippen LogP contribution in [-0.2, 0) is 17.5 Å². The lowest BCUT2D eigenvalue weighted by Gasteiger charge is -2.25. The van der Waals surface area contributed by atoms with Gasteiger partial charge in [-0.25, -0.2) is 15.0 Å². The van der Waals surface area contributed by atoms with Crippen LogP contribution in [0.4, 0.5) is 18.3 Å². The molecule has 0 bridgehead atoms. The van der Waals surface area contributed by atoms with Crippen molar-refractivity contribution < 1.29 is 22.7 Å². The molecule has 4 heterocycles. The van der Waals surface area contributed by atoms with Gasteiger partial charge in [0, 0.05) is 30.7 Å². The molecule has 176 valence electrons. The fourth-order valence-corrected chi connectivity index (χ4v) is 4.32. The van der Waals surface area contributed by atoms with Crippen molar-refractivity contribution in [2.24, 2.45) is 0 Å². The minimum atomic E-state index is -4.47. The maximum Gasteiger partial charge on any atom is 0.416 e. The Morgan fingerprint density at radius 3 is 2.76 bits per heavy atom. The van der Waals surface area contributed by atoms with Crippen molar-refractivity contribution in [2.45, 2.75) is 12.7 Å². The number of hydrogen-bond acceptors (Lipinski definition) is 7. The van der Waals surface area contributed by atoms with Gasteiger partial charge in [-0.3, -0.25) is 19.6 Å². The minimum Gasteiger partial charge on any atom is -0.379 e. The number of thiazole rings is 1. The molecule has 3 aromatic heterocycles. The van der Waals surface area contributed by atoms with Gasteiger partial charge >= 0.3 is 6.18 Å². The average molecular weight is 488 g/mol. The van der Waals surface area contributed by atoms with Gasteiger partial charge in [-0.2, -0.15) is 13.2 Å². The highest BCUT2D eigenvalue weighted by atomic mass is 32.1. The number of imidazole rings is 1. The second kappa shape index (κ2) is 9.12. The molecule has 12 heteroatoms. The summed E-state index contributed by atoms with van der Waals surface area (Å²) in [5, 5.41) is 5.08. The molecule has 0 spiro atoms. The second-order valence-corrected chi connectivity index (χ2v) is 8.55. The van der Waals surface area contributed by atoms with E-state index in [-0.39, 0.29) is 17.0 Å². The number of fused-ring (bicyclic) bond motifs is 1. The Morgan fingerprint density at radius 1 is 1.15 bits per heavy atom. The van der Waals surface area contributed by atoms with Crippen molar-refractivity contribution >= 4 is 33.5 Å². The Morgan fingerprint density at radius 2 is 1.97 bits per heavy atom. The molecule has 1 amide bonds. The summed E-state index contributed by atoms with van der Waals surface area (Å²) in [5.74, 6) is -0.467. The fraction of sp³-hybridized carbons (Fsp3) is 0.273. The number of halogens is 3. The van der Waals surface area contributed by atoms with E-state index in [1.807, 2.05) is 5.38 Å². The van der Waals surface area contributed by atoms with Gasteiger partial charge in [0.2, 0.25) is 0 Å². The molecule has 5 rings (SSSR count). The van der Waals surface area contributed by atoms with E-state index < -0.39 is 17.6 Å². The first-order chi connectivity index (χ1) is 16.4. The number of pyridine rings is 1. The number of anilines is 1. The van der Waals surface area contributed by atoms with Crippen LogP contribution in [0.25, 0.3) is 16.9 Å². The highest BCUT2D eigenvalue weighted by molar-refractivity contribution is 7.13. The number of nitrogens with zero attached hydrogens (tertiary/aromatic N) is 5. The molecular formula is C22H19F3N6O2S. The SMILES string of the molecule is O=C(Nc1nc(CN2CCOCC2)cs1)c1ccc2ncn(-c3cccc(C(F)(F)F)c3)c2n1. The zero-order valence-electron chi connectivity index (χ0n) is 17.7. The third-order valence-corrected chi connectivity index (χ3v) is 6.15. The summed E-state index contributed by atoms with van der Waals surface area (Å²) >= 11 is 1.32. The van der Waals surface area contributed by atoms with E-state index in [2.05, 4.69) is 25.2 Å². The molecule has 0 unspecified atom stereocenters. The van der Waals surface area contributed by atoms with Crippen molar-refractivity contribution in [1.29, 1.82) is 0 Å². The Labute approximate surface area is 196 Å². The second-order valence-electron chi connectivity index (χ2n) is 7.69. The third kappa shape index (κ3) is 4.79. The van der Waals surface area contributed by atoms with E-state index in [4.69, 9.17) is 4.74 Å². The predicted octanol–water partition coefficient (Wildman–Crippen LogP) is 3.98. The molecule has 1 aliphatic rings. The summed E-state index contributed by atoms with van der Waals surface area (Å²) in [4.78, 5) is 28.1. The van der Waals surface area contributed by atoms with Gasteiger partial charge in [0.25, 0.3) is 5.91 Å². The number of alkyl halides is 3. The van der Waals surface area contributed by atoms with E-state index in [1.54, 1.807) is 6.07 Å². The van der Waals surface area contributed by atoms with Gasteiger partial charge in [-0.15, -0.1) is 11.3 Å². The standard InChI is InChI=1S/C22H19F3N6O2S/c23-22(24,25)14-2-1-3-16(10-14)31-13-26-17-4-5-18(28-19(17)31)20(32)29-21-27-15(12-34-21)11-30-6-8-33-9-7-30/h1-5,10,12-13H,6-9,11H2,(H,27,29,32). The predicted molar refractivity (Wildman–Crippen MR) is 120 cm³/mol. The zero-order valence-corrected chi connectivity index (χ0v) is 18.6. The van der Waals surface area contributed by atoms with Crippen LogP contribution >= 0.6 is 11.3 Å². The van der Waals surface area contributed by atoms with Crippen LogP contribution in [0.3, 0.4) is 0 Å². The van der Waals surface area contributed by atoms with Crippen molar-refractivity contribution in [2.75, 3.05) is 31.6 Å². The van der Waals surface area contributed by atoms with E-state index in [1.165, 1.54) is 40.4 Å². The molecule has 1 saturated heterocycles. The molecule has 0 aliphatic carbocycles. The Balaban J connectivity index is 1.35. The van der Waals surface area contributed by atoms with Gasteiger partial charge in [0.1, 0.15) is 17.5 Å². The lowest BCUT2D eigenvalue weighted by molar-refractivity contribution is -0.137. The number of carbonyl (C=O) groups excluding carboxylic acids is 1. The molecule has 4 aromatic rings. The van der Waals surface area contributed by atoms with Gasteiger partial charge in [-0.05, 0) is 30.3 Å². The molecule has 1 aromatic carbocycles. The first-order valence-electron chi connectivity index (χ1n) is 10.4. The number of rotatable bonds is 5. The van der Waals surface area contributed by atoms with Crippen LogP contribution < -0.4 is 5.32 Å². The molecule has 1 aliphatic heterocycles. The number of ether oxygens (including phenoxy) is 1. The molecule has 0 saturated carbocycles. The highest BCUT2D eigenvalue weighted by Crippen LogP contribution is 2.31. The molecule has 34 heavy (non-hydrogen) atoms. The largest absolute Gasteiger partial charge is 0.416 e. The summed E-state index contributed by atoms with van der Waals surface area (Å²) in [6.45, 7) is 3.74. The van der Waals surface area contributed by atoms with Gasteiger partial charge in [0.05, 0.1) is 24.5 Å². The third-order valence-electron chi connectivity index (χ3n) is 5.34. The van der Waals surface area contributed by atoms with Crippen LogP contribution in [0.5, 0.6) is 0 Å². The number of morpholine rings is 1. The van der Waals surface area contributed by atoms with E-state index in [9.17, 15) is 18.0 Å². The molecule has 0 radical (unpaired) electrons. The van der Waals surface area contributed by atoms with Crippen molar-refractivity contribution in [3.05, 3.63) is 65.1 Å². The van der Waals surface area contributed by atoms with Crippen LogP contribution in [0.2, 0.25) is 0 Å². The summed E-state index contributed by atoms with van der Waals surface area (Å²) in [7, 11) is 0. The Hall–Kier alpha value is -3.35. The lowest BCUT2D eigenvalue weighted by Crippen LogP contribution is -2.35. The van der Waals surface area contributed by atoms with Crippen LogP contribution in [-0.4, -0.2) is 56.6 Å². The van der Waals surface area contributed by atoms with Crippen LogP contribution in [0.1, 0.15) is 21.7 Å². The van der Waals surface area contributed by atoms with E-state index >= 15 is 0 Å². The normalized spacial score (nSPS) is 15.0. The van der Waals surface area contributed by atoms with Crippen molar-refractivity contribution in [3.8, 4) is 5.69 Å². The van der Waals surface area contributed by atoms with Crippen molar-refractivity contribution in [3.63, 3.8) is 0 Å².